The molecule has 1 N–H and O–H groups in total. The van der Waals surface area contributed by atoms with Gasteiger partial charge in [0.05, 0.1) is 4.92 Å². The van der Waals surface area contributed by atoms with Gasteiger partial charge in [-0.05, 0) is 43.2 Å². The molecule has 0 spiro atoms. The zero-order chi connectivity index (χ0) is 14.0. The molecule has 0 unspecified atom stereocenters. The highest BCUT2D eigenvalue weighted by atomic mass is 79.9. The van der Waals surface area contributed by atoms with Crippen molar-refractivity contribution in [3.8, 4) is 0 Å². The lowest BCUT2D eigenvalue weighted by atomic mass is 9.75. The predicted molar refractivity (Wildman–Crippen MR) is 80.5 cm³/mol. The Bertz CT molecular complexity index is 478. The van der Waals surface area contributed by atoms with E-state index < -0.39 is 0 Å². The second-order valence-corrected chi connectivity index (χ2v) is 6.92. The maximum Gasteiger partial charge on any atom is 0.293 e. The van der Waals surface area contributed by atoms with E-state index in [1.165, 1.54) is 0 Å². The van der Waals surface area contributed by atoms with Gasteiger partial charge in [0.15, 0.2) is 0 Å². The average molecular weight is 327 g/mol. The summed E-state index contributed by atoms with van der Waals surface area (Å²) in [5.41, 5.74) is 1.17. The van der Waals surface area contributed by atoms with Crippen molar-refractivity contribution in [2.24, 2.45) is 5.41 Å². The van der Waals surface area contributed by atoms with Crippen LogP contribution in [0.3, 0.4) is 0 Å². The van der Waals surface area contributed by atoms with E-state index in [4.69, 9.17) is 0 Å². The minimum atomic E-state index is -0.333. The lowest BCUT2D eigenvalue weighted by molar-refractivity contribution is -0.384. The van der Waals surface area contributed by atoms with Crippen molar-refractivity contribution in [3.05, 3.63) is 32.8 Å². The number of benzene rings is 1. The molecule has 1 aromatic carbocycles. The van der Waals surface area contributed by atoms with E-state index in [1.54, 1.807) is 12.1 Å². The van der Waals surface area contributed by atoms with Crippen molar-refractivity contribution in [1.82, 2.24) is 0 Å². The fourth-order valence-electron chi connectivity index (χ4n) is 2.54. The highest BCUT2D eigenvalue weighted by Crippen LogP contribution is 2.37. The number of hydrogen-bond acceptors (Lipinski definition) is 3. The first-order chi connectivity index (χ1) is 8.87. The smallest absolute Gasteiger partial charge is 0.293 e. The van der Waals surface area contributed by atoms with E-state index in [9.17, 15) is 10.1 Å². The van der Waals surface area contributed by atoms with Crippen molar-refractivity contribution in [3.63, 3.8) is 0 Å². The van der Waals surface area contributed by atoms with Crippen LogP contribution in [-0.2, 0) is 0 Å². The van der Waals surface area contributed by atoms with E-state index in [-0.39, 0.29) is 10.6 Å². The van der Waals surface area contributed by atoms with Gasteiger partial charge >= 0.3 is 0 Å². The SMILES string of the molecule is CC1(C)CCC(Nc2ccc(Br)cc2[N+](=O)[O-])CC1. The first-order valence-corrected chi connectivity index (χ1v) is 7.37. The average Bonchev–Trinajstić information content (AvgIpc) is 2.33. The van der Waals surface area contributed by atoms with Crippen LogP contribution in [0, 0.1) is 15.5 Å². The van der Waals surface area contributed by atoms with Crippen LogP contribution in [-0.4, -0.2) is 11.0 Å². The molecule has 1 fully saturated rings. The van der Waals surface area contributed by atoms with Gasteiger partial charge in [-0.2, -0.15) is 0 Å². The monoisotopic (exact) mass is 326 g/mol. The molecule has 19 heavy (non-hydrogen) atoms. The number of hydrogen-bond donors (Lipinski definition) is 1. The summed E-state index contributed by atoms with van der Waals surface area (Å²) in [5, 5.41) is 14.4. The zero-order valence-electron chi connectivity index (χ0n) is 11.3. The Morgan fingerprint density at radius 3 is 2.58 bits per heavy atom. The number of anilines is 1. The molecule has 2 rings (SSSR count). The third-order valence-electron chi connectivity index (χ3n) is 3.86. The van der Waals surface area contributed by atoms with Gasteiger partial charge in [-0.25, -0.2) is 0 Å². The molecule has 0 radical (unpaired) electrons. The standard InChI is InChI=1S/C14H19BrN2O2/c1-14(2)7-5-11(6-8-14)16-12-4-3-10(15)9-13(12)17(18)19/h3-4,9,11,16H,5-8H2,1-2H3. The molecule has 0 aliphatic heterocycles. The van der Waals surface area contributed by atoms with Gasteiger partial charge in [-0.3, -0.25) is 10.1 Å². The molecule has 0 atom stereocenters. The van der Waals surface area contributed by atoms with Gasteiger partial charge in [-0.1, -0.05) is 29.8 Å². The summed E-state index contributed by atoms with van der Waals surface area (Å²) in [6, 6.07) is 5.51. The van der Waals surface area contributed by atoms with E-state index in [0.717, 1.165) is 30.2 Å². The highest BCUT2D eigenvalue weighted by molar-refractivity contribution is 9.10. The summed E-state index contributed by atoms with van der Waals surface area (Å²) in [5.74, 6) is 0. The van der Waals surface area contributed by atoms with Crippen LogP contribution in [0.4, 0.5) is 11.4 Å². The summed E-state index contributed by atoms with van der Waals surface area (Å²) in [6.07, 6.45) is 4.46. The number of halogens is 1. The fraction of sp³-hybridized carbons (Fsp3) is 0.571. The van der Waals surface area contributed by atoms with E-state index in [2.05, 4.69) is 35.1 Å². The fourth-order valence-corrected chi connectivity index (χ4v) is 2.89. The van der Waals surface area contributed by atoms with E-state index in [0.29, 0.717) is 17.1 Å². The molecule has 0 bridgehead atoms. The molecular formula is C14H19BrN2O2. The van der Waals surface area contributed by atoms with Crippen LogP contribution < -0.4 is 5.32 Å². The van der Waals surface area contributed by atoms with Crippen LogP contribution in [0.25, 0.3) is 0 Å². The van der Waals surface area contributed by atoms with Crippen LogP contribution in [0.1, 0.15) is 39.5 Å². The van der Waals surface area contributed by atoms with Crippen molar-refractivity contribution in [1.29, 1.82) is 0 Å². The summed E-state index contributed by atoms with van der Waals surface area (Å²) in [4.78, 5) is 10.7. The third kappa shape index (κ3) is 3.69. The molecule has 0 aromatic heterocycles. The Hall–Kier alpha value is -1.10. The summed E-state index contributed by atoms with van der Waals surface area (Å²) in [6.45, 7) is 4.57. The van der Waals surface area contributed by atoms with Crippen molar-refractivity contribution in [2.75, 3.05) is 5.32 Å². The number of nitro groups is 1. The molecule has 1 aliphatic carbocycles. The molecule has 4 nitrogen and oxygen atoms in total. The van der Waals surface area contributed by atoms with E-state index in [1.807, 2.05) is 6.07 Å². The molecule has 1 aliphatic rings. The lowest BCUT2D eigenvalue weighted by Gasteiger charge is -2.34. The molecule has 5 heteroatoms. The van der Waals surface area contributed by atoms with Gasteiger partial charge in [0.2, 0.25) is 0 Å². The largest absolute Gasteiger partial charge is 0.377 e. The Balaban J connectivity index is 2.10. The minimum Gasteiger partial charge on any atom is -0.377 e. The number of nitro benzene ring substituents is 1. The minimum absolute atomic E-state index is 0.138. The Morgan fingerprint density at radius 2 is 2.00 bits per heavy atom. The number of nitrogens with one attached hydrogen (secondary N) is 1. The van der Waals surface area contributed by atoms with Crippen LogP contribution in [0.15, 0.2) is 22.7 Å². The Morgan fingerprint density at radius 1 is 1.37 bits per heavy atom. The van der Waals surface area contributed by atoms with Gasteiger partial charge in [0.25, 0.3) is 5.69 Å². The van der Waals surface area contributed by atoms with Crippen LogP contribution >= 0.6 is 15.9 Å². The quantitative estimate of drug-likeness (QED) is 0.644. The number of rotatable bonds is 3. The highest BCUT2D eigenvalue weighted by Gasteiger charge is 2.27. The van der Waals surface area contributed by atoms with Gasteiger partial charge in [0.1, 0.15) is 5.69 Å². The van der Waals surface area contributed by atoms with Crippen LogP contribution in [0.2, 0.25) is 0 Å². The predicted octanol–water partition coefficient (Wildman–Crippen LogP) is 4.74. The van der Waals surface area contributed by atoms with Gasteiger partial charge in [-0.15, -0.1) is 0 Å². The second kappa shape index (κ2) is 5.49. The Kier molecular flexibility index (Phi) is 4.13. The maximum atomic E-state index is 11.1. The summed E-state index contributed by atoms with van der Waals surface area (Å²) < 4.78 is 0.731. The van der Waals surface area contributed by atoms with Crippen molar-refractivity contribution in [2.45, 2.75) is 45.6 Å². The summed E-state index contributed by atoms with van der Waals surface area (Å²) in [7, 11) is 0. The Labute approximate surface area is 121 Å². The van der Waals surface area contributed by atoms with Crippen molar-refractivity contribution < 1.29 is 4.92 Å². The first kappa shape index (κ1) is 14.3. The zero-order valence-corrected chi connectivity index (χ0v) is 12.9. The second-order valence-electron chi connectivity index (χ2n) is 6.00. The summed E-state index contributed by atoms with van der Waals surface area (Å²) >= 11 is 3.27. The first-order valence-electron chi connectivity index (χ1n) is 6.58. The topological polar surface area (TPSA) is 55.2 Å². The molecule has 104 valence electrons. The molecule has 0 heterocycles. The molecule has 1 aromatic rings. The van der Waals surface area contributed by atoms with Gasteiger partial charge < -0.3 is 5.32 Å². The molecule has 1 saturated carbocycles. The van der Waals surface area contributed by atoms with Gasteiger partial charge in [0, 0.05) is 16.6 Å². The van der Waals surface area contributed by atoms with E-state index >= 15 is 0 Å². The third-order valence-corrected chi connectivity index (χ3v) is 4.35. The lowest BCUT2D eigenvalue weighted by Crippen LogP contribution is -2.30. The number of nitrogens with zero attached hydrogens (tertiary/aromatic N) is 1. The molecular weight excluding hydrogens is 308 g/mol. The normalized spacial score (nSPS) is 19.1. The van der Waals surface area contributed by atoms with Crippen molar-refractivity contribution >= 4 is 27.3 Å². The molecule has 0 saturated heterocycles. The van der Waals surface area contributed by atoms with Crippen LogP contribution in [0.5, 0.6) is 0 Å². The maximum absolute atomic E-state index is 11.1. The molecule has 0 amide bonds.